The number of carbonyl (C=O) groups excluding carboxylic acids is 2. The van der Waals surface area contributed by atoms with E-state index in [4.69, 9.17) is 4.74 Å². The van der Waals surface area contributed by atoms with Crippen molar-refractivity contribution in [2.24, 2.45) is 11.8 Å². The number of piperidine rings is 2. The van der Waals surface area contributed by atoms with E-state index in [0.29, 0.717) is 97.7 Å². The van der Waals surface area contributed by atoms with Crippen LogP contribution in [0.4, 0.5) is 9.59 Å². The van der Waals surface area contributed by atoms with E-state index in [0.717, 1.165) is 139 Å². The van der Waals surface area contributed by atoms with E-state index in [1.807, 2.05) is 23.9 Å². The summed E-state index contributed by atoms with van der Waals surface area (Å²) in [4.78, 5) is 36.7. The van der Waals surface area contributed by atoms with Gasteiger partial charge >= 0.3 is 12.1 Å². The number of hydrogen-bond donors (Lipinski definition) is 0. The van der Waals surface area contributed by atoms with Gasteiger partial charge in [0.15, 0.2) is 9.84 Å². The molecule has 0 spiro atoms. The second kappa shape index (κ2) is 51.6. The minimum Gasteiger partial charge on any atom is -0.379 e. The number of urea groups is 2. The molecule has 0 aliphatic carbocycles. The average Bonchev–Trinajstić information content (AvgIpc) is 1.18. The lowest BCUT2D eigenvalue weighted by Crippen LogP contribution is -2.50. The summed E-state index contributed by atoms with van der Waals surface area (Å²) in [7, 11) is 9.46. The molecule has 9 heterocycles. The van der Waals surface area contributed by atoms with Gasteiger partial charge in [0.2, 0.25) is 0 Å². The summed E-state index contributed by atoms with van der Waals surface area (Å²) in [6.07, 6.45) is 8.24. The summed E-state index contributed by atoms with van der Waals surface area (Å²) < 4.78 is 208. The van der Waals surface area contributed by atoms with Crippen LogP contribution < -0.4 is 0 Å². The van der Waals surface area contributed by atoms with Crippen LogP contribution in [0.25, 0.3) is 0 Å². The largest absolute Gasteiger partial charge is 0.379 e. The van der Waals surface area contributed by atoms with Gasteiger partial charge in [0.05, 0.1) is 24.7 Å². The van der Waals surface area contributed by atoms with E-state index < -0.39 is 81.3 Å². The van der Waals surface area contributed by atoms with E-state index in [-0.39, 0.29) is 36.7 Å². The van der Waals surface area contributed by atoms with Crippen LogP contribution in [0.5, 0.6) is 0 Å². The van der Waals surface area contributed by atoms with Gasteiger partial charge in [0.1, 0.15) is 0 Å². The Kier molecular flexibility index (Phi) is 49.7. The molecule has 0 aromatic rings. The molecule has 0 radical (unpaired) electrons. The van der Waals surface area contributed by atoms with Gasteiger partial charge in [-0.25, -0.2) is 18.0 Å². The number of hydrogen-bond acceptors (Lipinski definition) is 23. The Morgan fingerprint density at radius 2 is 0.544 bits per heavy atom. The maximum absolute atomic E-state index is 11.8. The number of ether oxygens (including phenoxy) is 1. The maximum atomic E-state index is 11.8. The Balaban J connectivity index is 0.000000642. The summed E-state index contributed by atoms with van der Waals surface area (Å²) >= 11 is 1.80. The standard InChI is InChI=1S/C9H19N3O.C9H18N2O.C8H19N3O2S.C8H18N2O2S.C7H17N3O2S.C6H14N2O4S2.C6H14N2O3S.C6H14N2O2S2.C6H14N2O2S/c1-10(2)9(13)12-6-4-5-11(3)7-8-12;1-8-4-6-11(7-5-8)9(12)10(2)3;1-9(2)14(12,13)11-6-4-5-10(3)7-8-11;1-8-4-6-10(7-5-8)13(11,12)9(2)3;1-8(2)13(11,12)10-6-4-9(3)5-7-10;1-7(2)14(11,12)8-3-5-13(9,10)6-4-8;2*1-7(2)12(9,10)8-3-5-11-6-4-8;1-7(2)11(9,10)8-5-3-4-6-8/h4-8H2,1-3H3;8H,4-7H2,1-3H3;4-8H2,1-3H3;8H,4-7H2,1-3H3;4-7H2,1-3H3;3-6H2,1-2H3;2*3-6H2,1-2H3;3-6H2,1-2H3. The lowest BCUT2D eigenvalue weighted by Gasteiger charge is -2.32. The van der Waals surface area contributed by atoms with Crippen molar-refractivity contribution in [1.82, 2.24) is 94.6 Å². The first-order valence-electron chi connectivity index (χ1n) is 38.5. The zero-order valence-corrected chi connectivity index (χ0v) is 80.2. The minimum absolute atomic E-state index is 0.0584. The quantitative estimate of drug-likeness (QED) is 0.183. The molecule has 4 amide bonds. The molecule has 9 fully saturated rings. The first-order chi connectivity index (χ1) is 52.4. The van der Waals surface area contributed by atoms with Gasteiger partial charge < -0.3 is 39.0 Å². The highest BCUT2D eigenvalue weighted by Gasteiger charge is 2.34. The molecular formula is C65H147N21O19S9. The van der Waals surface area contributed by atoms with Crippen LogP contribution in [0.15, 0.2) is 0 Å². The molecule has 9 rings (SSSR count). The SMILES string of the molecule is CC1CCN(C(=O)N(C)C)CC1.CC1CCN(S(=O)(=O)N(C)C)CC1.CN(C)S(=O)(=O)N1CCCC1.CN(C)S(=O)(=O)N1CCOCC1.CN(C)S(=O)(=O)N1CCS(=O)(=O)CC1.CN(C)S(=O)(=O)N1CCSCC1.CN1CCCN(C(=O)N(C)C)CC1.CN1CCCN(S(=O)(=O)N(C)C)CC1.CN1CCN(S(=O)(=O)N(C)C)CC1. The molecule has 680 valence electrons. The Bertz CT molecular complexity index is 3600. The molecule has 9 aliphatic heterocycles. The Hall–Kier alpha value is -2.23. The van der Waals surface area contributed by atoms with Crippen molar-refractivity contribution >= 4 is 105 Å². The molecule has 114 heavy (non-hydrogen) atoms. The molecule has 0 aromatic carbocycles. The lowest BCUT2D eigenvalue weighted by atomic mass is 10.00. The van der Waals surface area contributed by atoms with Gasteiger partial charge in [-0.3, -0.25) is 0 Å². The van der Waals surface area contributed by atoms with Crippen molar-refractivity contribution in [2.75, 3.05) is 341 Å². The molecule has 9 aliphatic rings. The molecule has 49 heteroatoms. The molecule has 40 nitrogen and oxygen atoms in total. The summed E-state index contributed by atoms with van der Waals surface area (Å²) in [5.74, 6) is 3.10. The van der Waals surface area contributed by atoms with Crippen LogP contribution in [-0.2, 0) is 86.0 Å². The molecule has 0 bridgehead atoms. The number of nitrogens with zero attached hydrogens (tertiary/aromatic N) is 21. The number of morpholine rings is 1. The smallest absolute Gasteiger partial charge is 0.319 e. The van der Waals surface area contributed by atoms with E-state index in [1.165, 1.54) is 75.5 Å². The third kappa shape index (κ3) is 38.0. The minimum atomic E-state index is -3.45. The van der Waals surface area contributed by atoms with Crippen LogP contribution in [0, 0.1) is 11.8 Å². The van der Waals surface area contributed by atoms with Gasteiger partial charge in [-0.05, 0) is 97.4 Å². The van der Waals surface area contributed by atoms with Crippen molar-refractivity contribution in [3.8, 4) is 0 Å². The van der Waals surface area contributed by atoms with Crippen LogP contribution in [0.2, 0.25) is 0 Å². The van der Waals surface area contributed by atoms with Crippen LogP contribution in [0.1, 0.15) is 65.2 Å². The van der Waals surface area contributed by atoms with Gasteiger partial charge in [0, 0.05) is 282 Å². The fourth-order valence-corrected chi connectivity index (χ4v) is 21.9. The molecule has 0 unspecified atom stereocenters. The molecule has 0 N–H and O–H groups in total. The molecule has 0 saturated carbocycles. The number of piperazine rings is 1. The number of likely N-dealkylation sites (N-methyl/N-ethyl adjacent to an activating group) is 3. The van der Waals surface area contributed by atoms with Gasteiger partial charge in [-0.2, -0.15) is 131 Å². The third-order valence-electron chi connectivity index (χ3n) is 19.5. The second-order valence-corrected chi connectivity index (χ2v) is 49.2. The summed E-state index contributed by atoms with van der Waals surface area (Å²) in [6, 6.07) is 0.289. The summed E-state index contributed by atoms with van der Waals surface area (Å²) in [5.41, 5.74) is 0. The molecular weight excluding hydrogens is 1670 g/mol. The van der Waals surface area contributed by atoms with Crippen LogP contribution >= 0.6 is 11.8 Å². The zero-order valence-electron chi connectivity index (χ0n) is 72.8. The Labute approximate surface area is 695 Å². The lowest BCUT2D eigenvalue weighted by molar-refractivity contribution is 0.0710. The van der Waals surface area contributed by atoms with E-state index in [9.17, 15) is 76.9 Å². The number of sulfone groups is 1. The fraction of sp³-hybridized carbons (Fsp3) is 0.969. The average molecular weight is 1820 g/mol. The van der Waals surface area contributed by atoms with E-state index >= 15 is 0 Å². The topological polar surface area (TPSA) is 385 Å². The Morgan fingerprint density at radius 3 is 0.877 bits per heavy atom. The second-order valence-electron chi connectivity index (χ2n) is 30.7. The van der Waals surface area contributed by atoms with E-state index in [1.54, 1.807) is 129 Å². The number of amides is 4. The normalized spacial score (nSPS) is 21.7. The number of thioether (sulfide) groups is 1. The fourth-order valence-electron chi connectivity index (χ4n) is 11.5. The first kappa shape index (κ1) is 110. The molecule has 9 saturated heterocycles. The zero-order chi connectivity index (χ0) is 87.7. The van der Waals surface area contributed by atoms with Crippen molar-refractivity contribution in [3.63, 3.8) is 0 Å². The highest BCUT2D eigenvalue weighted by atomic mass is 32.2. The molecule has 0 atom stereocenters. The number of rotatable bonds is 14. The van der Waals surface area contributed by atoms with Crippen molar-refractivity contribution in [1.29, 1.82) is 0 Å². The van der Waals surface area contributed by atoms with Gasteiger partial charge in [0.25, 0.3) is 71.5 Å². The summed E-state index contributed by atoms with van der Waals surface area (Å²) in [5, 5.41) is 0. The van der Waals surface area contributed by atoms with Crippen LogP contribution in [-0.4, -0.2) is 515 Å². The van der Waals surface area contributed by atoms with Crippen LogP contribution in [0.3, 0.4) is 0 Å². The van der Waals surface area contributed by atoms with Crippen molar-refractivity contribution < 1.29 is 81.7 Å². The Morgan fingerprint density at radius 1 is 0.298 bits per heavy atom. The van der Waals surface area contributed by atoms with E-state index in [2.05, 4.69) is 35.6 Å². The number of likely N-dealkylation sites (tertiary alicyclic amines) is 1. The highest BCUT2D eigenvalue weighted by molar-refractivity contribution is 7.99. The monoisotopic (exact) mass is 1810 g/mol. The number of carbonyl (C=O) groups is 2. The predicted octanol–water partition coefficient (Wildman–Crippen LogP) is -1.92. The van der Waals surface area contributed by atoms with Crippen molar-refractivity contribution in [3.05, 3.63) is 0 Å². The predicted molar refractivity (Wildman–Crippen MR) is 455 cm³/mol. The first-order valence-corrected chi connectivity index (χ1v) is 51.3. The highest BCUT2D eigenvalue weighted by Crippen LogP contribution is 2.21. The molecule has 0 aromatic heterocycles. The van der Waals surface area contributed by atoms with Gasteiger partial charge in [-0.15, -0.1) is 0 Å². The maximum Gasteiger partial charge on any atom is 0.319 e. The van der Waals surface area contributed by atoms with Gasteiger partial charge in [-0.1, -0.05) is 13.8 Å². The van der Waals surface area contributed by atoms with Crippen molar-refractivity contribution in [2.45, 2.75) is 65.2 Å². The summed E-state index contributed by atoms with van der Waals surface area (Å²) in [6.45, 7) is 21.9. The third-order valence-corrected chi connectivity index (χ3v) is 35.7.